The minimum absolute atomic E-state index is 0.0817. The quantitative estimate of drug-likeness (QED) is 0.862. The number of likely N-dealkylation sites (tertiary alicyclic amines) is 1. The molecule has 2 aliphatic rings. The van der Waals surface area contributed by atoms with Crippen molar-refractivity contribution in [2.45, 2.75) is 44.4 Å². The van der Waals surface area contributed by atoms with Gasteiger partial charge < -0.3 is 9.64 Å². The van der Waals surface area contributed by atoms with Gasteiger partial charge in [-0.05, 0) is 25.5 Å². The Morgan fingerprint density at radius 3 is 3.00 bits per heavy atom. The molecular formula is C18H19FN4O3S. The summed E-state index contributed by atoms with van der Waals surface area (Å²) in [4.78, 5) is 35.0. The third kappa shape index (κ3) is 3.84. The van der Waals surface area contributed by atoms with Crippen molar-refractivity contribution in [3.63, 3.8) is 0 Å². The highest BCUT2D eigenvalue weighted by molar-refractivity contribution is 7.13. The lowest BCUT2D eigenvalue weighted by atomic mass is 10.1. The number of nitrogens with zero attached hydrogens (tertiary/aromatic N) is 3. The van der Waals surface area contributed by atoms with Gasteiger partial charge in [0.25, 0.3) is 5.91 Å². The summed E-state index contributed by atoms with van der Waals surface area (Å²) in [6, 6.07) is 2.69. The second-order valence-electron chi connectivity index (χ2n) is 6.77. The van der Waals surface area contributed by atoms with Crippen LogP contribution in [0.25, 0.3) is 0 Å². The number of ether oxygens (including phenoxy) is 1. The van der Waals surface area contributed by atoms with Gasteiger partial charge in [-0.15, -0.1) is 11.3 Å². The topological polar surface area (TPSA) is 84.4 Å². The van der Waals surface area contributed by atoms with Gasteiger partial charge in [-0.2, -0.15) is 0 Å². The van der Waals surface area contributed by atoms with Crippen LogP contribution in [0.15, 0.2) is 23.7 Å². The molecule has 0 spiro atoms. The van der Waals surface area contributed by atoms with Crippen LogP contribution in [-0.4, -0.2) is 51.5 Å². The molecule has 0 unspecified atom stereocenters. The number of pyridine rings is 1. The highest BCUT2D eigenvalue weighted by Crippen LogP contribution is 2.34. The van der Waals surface area contributed by atoms with Crippen molar-refractivity contribution in [3.8, 4) is 0 Å². The molecule has 0 radical (unpaired) electrons. The minimum Gasteiger partial charge on any atom is -0.363 e. The first kappa shape index (κ1) is 18.0. The maximum absolute atomic E-state index is 13.0. The Bertz CT molecular complexity index is 857. The number of hydrogen-bond acceptors (Lipinski definition) is 6. The molecule has 2 amide bonds. The van der Waals surface area contributed by atoms with Gasteiger partial charge in [0.05, 0.1) is 30.5 Å². The largest absolute Gasteiger partial charge is 0.363 e. The number of nitrogens with one attached hydrogen (secondary N) is 1. The first-order valence-electron chi connectivity index (χ1n) is 8.78. The molecule has 0 aliphatic carbocycles. The number of thiazole rings is 1. The molecule has 1 N–H and O–H groups in total. The molecule has 142 valence electrons. The van der Waals surface area contributed by atoms with E-state index in [4.69, 9.17) is 4.74 Å². The smallest absolute Gasteiger partial charge is 0.255 e. The number of carbonyl (C=O) groups excluding carboxylic acids is 2. The Balaban J connectivity index is 1.37. The van der Waals surface area contributed by atoms with E-state index >= 15 is 0 Å². The van der Waals surface area contributed by atoms with Crippen molar-refractivity contribution >= 4 is 28.3 Å². The van der Waals surface area contributed by atoms with Gasteiger partial charge in [0, 0.05) is 24.0 Å². The summed E-state index contributed by atoms with van der Waals surface area (Å²) in [5.74, 6) is -0.742. The molecule has 27 heavy (non-hydrogen) atoms. The Kier molecular flexibility index (Phi) is 4.88. The average molecular weight is 390 g/mol. The van der Waals surface area contributed by atoms with Crippen LogP contribution < -0.4 is 5.32 Å². The van der Waals surface area contributed by atoms with Crippen molar-refractivity contribution in [1.29, 1.82) is 0 Å². The number of anilines is 1. The molecule has 0 aromatic carbocycles. The molecule has 7 nitrogen and oxygen atoms in total. The number of aromatic nitrogens is 2. The van der Waals surface area contributed by atoms with E-state index in [2.05, 4.69) is 15.3 Å². The number of rotatable bonds is 4. The van der Waals surface area contributed by atoms with Gasteiger partial charge in [-0.1, -0.05) is 0 Å². The molecular weight excluding hydrogens is 371 g/mol. The normalized spacial score (nSPS) is 24.1. The Morgan fingerprint density at radius 2 is 2.30 bits per heavy atom. The molecule has 4 rings (SSSR count). The SMILES string of the molecule is Cc1csc(NC(=O)[C@H]2C[C@@H]3[C@@H](CCN3C(=O)Cc3ccc(F)cn3)O2)n1. The highest BCUT2D eigenvalue weighted by atomic mass is 32.1. The summed E-state index contributed by atoms with van der Waals surface area (Å²) in [7, 11) is 0. The van der Waals surface area contributed by atoms with Crippen molar-refractivity contribution < 1.29 is 18.7 Å². The van der Waals surface area contributed by atoms with Gasteiger partial charge in [0.1, 0.15) is 11.9 Å². The van der Waals surface area contributed by atoms with E-state index in [0.29, 0.717) is 30.2 Å². The Labute approximate surface area is 159 Å². The number of aryl methyl sites for hydroxylation is 1. The van der Waals surface area contributed by atoms with E-state index in [1.807, 2.05) is 12.3 Å². The first-order valence-corrected chi connectivity index (χ1v) is 9.66. The monoisotopic (exact) mass is 390 g/mol. The van der Waals surface area contributed by atoms with E-state index in [1.165, 1.54) is 23.5 Å². The average Bonchev–Trinajstić information content (AvgIpc) is 3.32. The van der Waals surface area contributed by atoms with Crippen LogP contribution in [0.5, 0.6) is 0 Å². The van der Waals surface area contributed by atoms with Crippen molar-refractivity contribution in [1.82, 2.24) is 14.9 Å². The molecule has 9 heteroatoms. The van der Waals surface area contributed by atoms with E-state index in [1.54, 1.807) is 4.90 Å². The predicted molar refractivity (Wildman–Crippen MR) is 96.8 cm³/mol. The number of amides is 2. The maximum Gasteiger partial charge on any atom is 0.255 e. The highest BCUT2D eigenvalue weighted by Gasteiger charge is 2.47. The minimum atomic E-state index is -0.594. The summed E-state index contributed by atoms with van der Waals surface area (Å²) in [5, 5.41) is 5.19. The predicted octanol–water partition coefficient (Wildman–Crippen LogP) is 1.93. The maximum atomic E-state index is 13.0. The van der Waals surface area contributed by atoms with Crippen molar-refractivity contribution in [2.75, 3.05) is 11.9 Å². The fraction of sp³-hybridized carbons (Fsp3) is 0.444. The zero-order chi connectivity index (χ0) is 19.0. The fourth-order valence-electron chi connectivity index (χ4n) is 3.59. The van der Waals surface area contributed by atoms with Crippen LogP contribution in [0.1, 0.15) is 24.2 Å². The molecule has 4 heterocycles. The summed E-state index contributed by atoms with van der Waals surface area (Å²) in [5.41, 5.74) is 1.38. The summed E-state index contributed by atoms with van der Waals surface area (Å²) in [6.07, 6.45) is 1.65. The molecule has 2 fully saturated rings. The number of fused-ring (bicyclic) bond motifs is 1. The summed E-state index contributed by atoms with van der Waals surface area (Å²) < 4.78 is 18.8. The number of carbonyl (C=O) groups is 2. The van der Waals surface area contributed by atoms with E-state index in [9.17, 15) is 14.0 Å². The number of hydrogen-bond donors (Lipinski definition) is 1. The second-order valence-corrected chi connectivity index (χ2v) is 7.63. The van der Waals surface area contributed by atoms with E-state index in [0.717, 1.165) is 11.9 Å². The molecule has 2 aromatic heterocycles. The van der Waals surface area contributed by atoms with Crippen molar-refractivity contribution in [2.24, 2.45) is 0 Å². The van der Waals surface area contributed by atoms with Gasteiger partial charge in [0.15, 0.2) is 5.13 Å². The van der Waals surface area contributed by atoms with Gasteiger partial charge in [-0.25, -0.2) is 9.37 Å². The van der Waals surface area contributed by atoms with Gasteiger partial charge in [0.2, 0.25) is 5.91 Å². The van der Waals surface area contributed by atoms with Crippen LogP contribution in [0.4, 0.5) is 9.52 Å². The molecule has 0 bridgehead atoms. The van der Waals surface area contributed by atoms with E-state index < -0.39 is 11.9 Å². The summed E-state index contributed by atoms with van der Waals surface area (Å²) >= 11 is 1.37. The van der Waals surface area contributed by atoms with Crippen LogP contribution >= 0.6 is 11.3 Å². The molecule has 2 aliphatic heterocycles. The van der Waals surface area contributed by atoms with Crippen LogP contribution in [0.3, 0.4) is 0 Å². The fourth-order valence-corrected chi connectivity index (χ4v) is 4.28. The second kappa shape index (κ2) is 7.32. The number of halogens is 1. The first-order chi connectivity index (χ1) is 13.0. The third-order valence-electron chi connectivity index (χ3n) is 4.86. The Morgan fingerprint density at radius 1 is 1.44 bits per heavy atom. The van der Waals surface area contributed by atoms with Crippen LogP contribution in [0.2, 0.25) is 0 Å². The lowest BCUT2D eigenvalue weighted by molar-refractivity contribution is -0.131. The lowest BCUT2D eigenvalue weighted by Gasteiger charge is -2.23. The molecule has 3 atom stereocenters. The Hall–Kier alpha value is -2.39. The van der Waals surface area contributed by atoms with Crippen LogP contribution in [-0.2, 0) is 20.7 Å². The van der Waals surface area contributed by atoms with Gasteiger partial charge in [-0.3, -0.25) is 19.9 Å². The molecule has 2 aromatic rings. The molecule has 2 saturated heterocycles. The van der Waals surface area contributed by atoms with E-state index in [-0.39, 0.29) is 30.4 Å². The summed E-state index contributed by atoms with van der Waals surface area (Å²) in [6.45, 7) is 2.46. The lowest BCUT2D eigenvalue weighted by Crippen LogP contribution is -2.39. The standard InChI is InChI=1S/C18H19FN4O3S/c1-10-9-27-18(21-10)22-17(25)15-7-13-14(26-15)4-5-23(13)16(24)6-12-3-2-11(19)8-20-12/h2-3,8-9,13-15H,4-7H2,1H3,(H,21,22,25)/t13-,14-,15-/m1/s1. The zero-order valence-electron chi connectivity index (χ0n) is 14.7. The van der Waals surface area contributed by atoms with Gasteiger partial charge >= 0.3 is 0 Å². The zero-order valence-corrected chi connectivity index (χ0v) is 15.5. The third-order valence-corrected chi connectivity index (χ3v) is 5.74. The molecule has 0 saturated carbocycles. The van der Waals surface area contributed by atoms with Crippen LogP contribution in [0, 0.1) is 12.7 Å². The van der Waals surface area contributed by atoms with Crippen molar-refractivity contribution in [3.05, 3.63) is 40.9 Å².